The molecular formula is C27H31BrCl2N6O2. The molecular weight excluding hydrogens is 591 g/mol. The molecule has 4 rings (SSSR count). The number of benzene rings is 2. The number of hydrogen-bond donors (Lipinski definition) is 1. The first-order chi connectivity index (χ1) is 17.7. The quantitative estimate of drug-likeness (QED) is 0.274. The molecule has 0 unspecified atom stereocenters. The molecule has 2 heterocycles. The number of halogens is 3. The predicted molar refractivity (Wildman–Crippen MR) is 156 cm³/mol. The van der Waals surface area contributed by atoms with E-state index >= 15 is 0 Å². The molecule has 2 aromatic carbocycles. The molecule has 0 spiro atoms. The maximum atomic E-state index is 13.9. The van der Waals surface area contributed by atoms with Crippen LogP contribution in [-0.2, 0) is 6.54 Å². The standard InChI is InChI=1S/C27H30BrClN6O2.ClH/c1-17(2)23(33(15-7-14-30)26(36)20-10-12-21(28)13-11-20)25-31-24-22(29)18(3)32-35(24)27(37)34(25)16-19-8-5-4-6-9-19;/h4-6,8-13,17,23H,7,14-16,30H2,1-3H3;1H/t23-;/m1./s1. The summed E-state index contributed by atoms with van der Waals surface area (Å²) in [5.74, 6) is 0.229. The third-order valence-electron chi connectivity index (χ3n) is 6.24. The number of aryl methyl sites for hydroxylation is 1. The normalized spacial score (nSPS) is 12.0. The number of nitrogens with zero attached hydrogens (tertiary/aromatic N) is 5. The zero-order chi connectivity index (χ0) is 26.7. The molecule has 202 valence electrons. The Kier molecular flexibility index (Phi) is 10.1. The Morgan fingerprint density at radius 2 is 1.79 bits per heavy atom. The van der Waals surface area contributed by atoms with Gasteiger partial charge in [0, 0.05) is 16.6 Å². The largest absolute Gasteiger partial charge is 0.352 e. The molecule has 0 saturated carbocycles. The maximum absolute atomic E-state index is 13.9. The van der Waals surface area contributed by atoms with E-state index in [-0.39, 0.29) is 42.1 Å². The summed E-state index contributed by atoms with van der Waals surface area (Å²) in [6.07, 6.45) is 0.600. The van der Waals surface area contributed by atoms with Crippen LogP contribution in [0, 0.1) is 12.8 Å². The molecule has 11 heteroatoms. The van der Waals surface area contributed by atoms with Gasteiger partial charge >= 0.3 is 5.69 Å². The molecule has 4 aromatic rings. The Labute approximate surface area is 241 Å². The van der Waals surface area contributed by atoms with Gasteiger partial charge in [0.15, 0.2) is 5.65 Å². The Balaban J connectivity index is 0.00000400. The van der Waals surface area contributed by atoms with E-state index < -0.39 is 6.04 Å². The summed E-state index contributed by atoms with van der Waals surface area (Å²) < 4.78 is 3.72. The number of amides is 1. The van der Waals surface area contributed by atoms with Gasteiger partial charge in [0.1, 0.15) is 10.8 Å². The third-order valence-corrected chi connectivity index (χ3v) is 7.22. The number of carbonyl (C=O) groups is 1. The number of fused-ring (bicyclic) bond motifs is 1. The second kappa shape index (κ2) is 12.9. The van der Waals surface area contributed by atoms with E-state index in [1.165, 1.54) is 4.52 Å². The maximum Gasteiger partial charge on any atom is 0.352 e. The fraction of sp³-hybridized carbons (Fsp3) is 0.333. The molecule has 38 heavy (non-hydrogen) atoms. The van der Waals surface area contributed by atoms with Crippen LogP contribution in [-0.4, -0.2) is 43.1 Å². The topological polar surface area (TPSA) is 98.5 Å². The number of carbonyl (C=O) groups excluding carboxylic acids is 1. The fourth-order valence-electron chi connectivity index (χ4n) is 4.43. The van der Waals surface area contributed by atoms with Crippen molar-refractivity contribution in [2.75, 3.05) is 13.1 Å². The lowest BCUT2D eigenvalue weighted by Gasteiger charge is -2.35. The van der Waals surface area contributed by atoms with Crippen molar-refractivity contribution in [1.29, 1.82) is 0 Å². The Bertz CT molecular complexity index is 1450. The van der Waals surface area contributed by atoms with Gasteiger partial charge in [0.05, 0.1) is 18.3 Å². The molecule has 0 radical (unpaired) electrons. The number of hydrogen-bond acceptors (Lipinski definition) is 5. The van der Waals surface area contributed by atoms with Gasteiger partial charge in [0.2, 0.25) is 0 Å². The van der Waals surface area contributed by atoms with Gasteiger partial charge in [-0.05, 0) is 55.6 Å². The van der Waals surface area contributed by atoms with Crippen LogP contribution in [0.1, 0.15) is 53.7 Å². The SMILES string of the molecule is Cc1nn2c(=O)n(Cc3ccccc3)c([C@@H](C(C)C)N(CCCN)C(=O)c3ccc(Br)cc3)nc2c1Cl.Cl. The average Bonchev–Trinajstić information content (AvgIpc) is 3.17. The first kappa shape index (κ1) is 29.8. The monoisotopic (exact) mass is 620 g/mol. The summed E-state index contributed by atoms with van der Waals surface area (Å²) in [5.41, 5.74) is 7.77. The van der Waals surface area contributed by atoms with Crippen molar-refractivity contribution >= 4 is 51.5 Å². The summed E-state index contributed by atoms with van der Waals surface area (Å²) in [6.45, 7) is 6.87. The predicted octanol–water partition coefficient (Wildman–Crippen LogP) is 5.27. The van der Waals surface area contributed by atoms with E-state index in [0.29, 0.717) is 41.6 Å². The van der Waals surface area contributed by atoms with Gasteiger partial charge in [0.25, 0.3) is 5.91 Å². The summed E-state index contributed by atoms with van der Waals surface area (Å²) in [5, 5.41) is 4.65. The highest BCUT2D eigenvalue weighted by Crippen LogP contribution is 2.31. The zero-order valence-electron chi connectivity index (χ0n) is 21.5. The molecule has 2 aromatic heterocycles. The second-order valence-electron chi connectivity index (χ2n) is 9.30. The van der Waals surface area contributed by atoms with Gasteiger partial charge in [-0.25, -0.2) is 9.78 Å². The second-order valence-corrected chi connectivity index (χ2v) is 10.6. The van der Waals surface area contributed by atoms with E-state index in [1.54, 1.807) is 28.5 Å². The minimum atomic E-state index is -0.518. The number of rotatable bonds is 9. The van der Waals surface area contributed by atoms with E-state index in [9.17, 15) is 9.59 Å². The van der Waals surface area contributed by atoms with Crippen molar-refractivity contribution in [3.63, 3.8) is 0 Å². The van der Waals surface area contributed by atoms with E-state index in [1.807, 2.05) is 56.3 Å². The van der Waals surface area contributed by atoms with Gasteiger partial charge < -0.3 is 10.6 Å². The Morgan fingerprint density at radius 3 is 2.39 bits per heavy atom. The molecule has 0 bridgehead atoms. The van der Waals surface area contributed by atoms with Crippen LogP contribution in [0.3, 0.4) is 0 Å². The molecule has 1 atom stereocenters. The van der Waals surface area contributed by atoms with E-state index in [4.69, 9.17) is 22.3 Å². The lowest BCUT2D eigenvalue weighted by molar-refractivity contribution is 0.0601. The molecule has 1 amide bonds. The highest BCUT2D eigenvalue weighted by Gasteiger charge is 2.33. The lowest BCUT2D eigenvalue weighted by Crippen LogP contribution is -2.43. The molecule has 0 aliphatic heterocycles. The average molecular weight is 622 g/mol. The molecule has 8 nitrogen and oxygen atoms in total. The minimum Gasteiger partial charge on any atom is -0.330 e. The van der Waals surface area contributed by atoms with Gasteiger partial charge in [-0.1, -0.05) is 71.7 Å². The van der Waals surface area contributed by atoms with Crippen molar-refractivity contribution in [2.24, 2.45) is 11.7 Å². The van der Waals surface area contributed by atoms with Crippen molar-refractivity contribution < 1.29 is 4.79 Å². The van der Waals surface area contributed by atoms with Crippen molar-refractivity contribution in [2.45, 2.75) is 39.8 Å². The van der Waals surface area contributed by atoms with Crippen LogP contribution >= 0.6 is 39.9 Å². The molecule has 0 saturated heterocycles. The van der Waals surface area contributed by atoms with Crippen molar-refractivity contribution in [3.8, 4) is 0 Å². The van der Waals surface area contributed by atoms with Gasteiger partial charge in [-0.2, -0.15) is 9.61 Å². The van der Waals surface area contributed by atoms with Crippen LogP contribution in [0.5, 0.6) is 0 Å². The van der Waals surface area contributed by atoms with Crippen LogP contribution in [0.4, 0.5) is 0 Å². The summed E-state index contributed by atoms with van der Waals surface area (Å²) >= 11 is 9.96. The first-order valence-electron chi connectivity index (χ1n) is 12.2. The number of aromatic nitrogens is 4. The smallest absolute Gasteiger partial charge is 0.330 e. The van der Waals surface area contributed by atoms with E-state index in [0.717, 1.165) is 10.0 Å². The summed E-state index contributed by atoms with van der Waals surface area (Å²) in [4.78, 5) is 34.3. The number of nitrogens with two attached hydrogens (primary N) is 1. The van der Waals surface area contributed by atoms with Crippen LogP contribution in [0.25, 0.3) is 5.65 Å². The zero-order valence-corrected chi connectivity index (χ0v) is 24.6. The Hall–Kier alpha value is -2.72. The van der Waals surface area contributed by atoms with Crippen LogP contribution in [0.15, 0.2) is 63.9 Å². The minimum absolute atomic E-state index is 0. The van der Waals surface area contributed by atoms with Crippen LogP contribution < -0.4 is 11.4 Å². The molecule has 0 aliphatic carbocycles. The molecule has 0 fully saturated rings. The highest BCUT2D eigenvalue weighted by atomic mass is 79.9. The fourth-order valence-corrected chi connectivity index (χ4v) is 4.86. The van der Waals surface area contributed by atoms with Gasteiger partial charge in [-0.15, -0.1) is 12.4 Å². The Morgan fingerprint density at radius 1 is 1.13 bits per heavy atom. The third kappa shape index (κ3) is 6.12. The van der Waals surface area contributed by atoms with Crippen molar-refractivity contribution in [3.05, 3.63) is 97.2 Å². The van der Waals surface area contributed by atoms with Crippen LogP contribution in [0.2, 0.25) is 5.02 Å². The van der Waals surface area contributed by atoms with Gasteiger partial charge in [-0.3, -0.25) is 9.36 Å². The summed E-state index contributed by atoms with van der Waals surface area (Å²) in [7, 11) is 0. The molecule has 2 N–H and O–H groups in total. The lowest BCUT2D eigenvalue weighted by atomic mass is 9.99. The first-order valence-corrected chi connectivity index (χ1v) is 13.4. The molecule has 0 aliphatic rings. The van der Waals surface area contributed by atoms with Crippen molar-refractivity contribution in [1.82, 2.24) is 24.1 Å². The highest BCUT2D eigenvalue weighted by molar-refractivity contribution is 9.10. The van der Waals surface area contributed by atoms with E-state index in [2.05, 4.69) is 21.0 Å². The summed E-state index contributed by atoms with van der Waals surface area (Å²) in [6, 6.07) is 16.4.